The van der Waals surface area contributed by atoms with Gasteiger partial charge >= 0.3 is 6.02 Å². The Morgan fingerprint density at radius 2 is 1.83 bits per heavy atom. The van der Waals surface area contributed by atoms with Crippen molar-refractivity contribution in [3.8, 4) is 0 Å². The molecule has 0 aromatic heterocycles. The van der Waals surface area contributed by atoms with Crippen molar-refractivity contribution in [2.45, 2.75) is 13.3 Å². The highest BCUT2D eigenvalue weighted by Gasteiger charge is 2.11. The topological polar surface area (TPSA) is 15.5 Å². The molecule has 3 nitrogen and oxygen atoms in total. The second kappa shape index (κ2) is 7.64. The van der Waals surface area contributed by atoms with Gasteiger partial charge in [0.05, 0.1) is 34.8 Å². The Morgan fingerprint density at radius 3 is 2.08 bits per heavy atom. The summed E-state index contributed by atoms with van der Waals surface area (Å²) in [5.74, 6) is 0. The maximum Gasteiger partial charge on any atom is 0.445 e. The lowest BCUT2D eigenvalue weighted by molar-refractivity contribution is -0.480. The third-order valence-electron chi connectivity index (χ3n) is 1.20. The van der Waals surface area contributed by atoms with Crippen molar-refractivity contribution in [1.29, 1.82) is 0 Å². The first-order chi connectivity index (χ1) is 5.09. The maximum atomic E-state index is 5.48. The third kappa shape index (κ3) is 5.62. The van der Waals surface area contributed by atoms with Gasteiger partial charge in [0.1, 0.15) is 0 Å². The lowest BCUT2D eigenvalue weighted by atomic mass is 10.5. The zero-order valence-electron chi connectivity index (χ0n) is 8.59. The highest BCUT2D eigenvalue weighted by Crippen LogP contribution is 1.87. The van der Waals surface area contributed by atoms with Gasteiger partial charge < -0.3 is 28.7 Å². The van der Waals surface area contributed by atoms with E-state index in [9.17, 15) is 0 Å². The minimum Gasteiger partial charge on any atom is -1.00 e. The van der Waals surface area contributed by atoms with Gasteiger partial charge in [0.15, 0.2) is 0 Å². The highest BCUT2D eigenvalue weighted by atomic mass is 127. The fourth-order valence-electron chi connectivity index (χ4n) is 0.852. The van der Waals surface area contributed by atoms with Gasteiger partial charge in [-0.15, -0.1) is 0 Å². The predicted molar refractivity (Wildman–Crippen MR) is 47.0 cm³/mol. The molecule has 0 N–H and O–H groups in total. The van der Waals surface area contributed by atoms with Gasteiger partial charge in [-0.3, -0.25) is 0 Å². The van der Waals surface area contributed by atoms with Gasteiger partial charge in [0, 0.05) is 0 Å². The highest BCUT2D eigenvalue weighted by molar-refractivity contribution is 5.67. The van der Waals surface area contributed by atoms with E-state index in [1.807, 2.05) is 37.7 Å². The summed E-state index contributed by atoms with van der Waals surface area (Å²) in [4.78, 5) is 1.97. The van der Waals surface area contributed by atoms with Crippen LogP contribution in [-0.4, -0.2) is 50.3 Å². The molecule has 74 valence electrons. The summed E-state index contributed by atoms with van der Waals surface area (Å²) in [6.07, 6.45) is 1.05. The molecule has 0 heterocycles. The zero-order chi connectivity index (χ0) is 8.85. The SMILES string of the molecule is CCCOC(N(C)C)=[N+](C)C.[I-]. The van der Waals surface area contributed by atoms with Crippen LogP contribution in [0.25, 0.3) is 0 Å². The normalized spacial score (nSPS) is 8.42. The third-order valence-corrected chi connectivity index (χ3v) is 1.20. The lowest BCUT2D eigenvalue weighted by Crippen LogP contribution is -3.00. The molecule has 0 aliphatic heterocycles. The van der Waals surface area contributed by atoms with E-state index < -0.39 is 0 Å². The molecular formula is C8H19IN2O. The summed E-state index contributed by atoms with van der Waals surface area (Å²) in [6, 6.07) is 0.909. The van der Waals surface area contributed by atoms with Crippen molar-refractivity contribution in [1.82, 2.24) is 4.90 Å². The molecular weight excluding hydrogens is 267 g/mol. The van der Waals surface area contributed by atoms with E-state index in [0.717, 1.165) is 19.0 Å². The average molecular weight is 286 g/mol. The molecule has 0 amide bonds. The minimum absolute atomic E-state index is 0. The monoisotopic (exact) mass is 286 g/mol. The number of nitrogens with zero attached hydrogens (tertiary/aromatic N) is 2. The molecule has 0 saturated heterocycles. The molecule has 4 heteroatoms. The van der Waals surface area contributed by atoms with Gasteiger partial charge in [-0.05, 0) is 6.42 Å². The Kier molecular flexibility index (Phi) is 9.24. The quantitative estimate of drug-likeness (QED) is 0.244. The van der Waals surface area contributed by atoms with Gasteiger partial charge in [0.25, 0.3) is 0 Å². The van der Waals surface area contributed by atoms with E-state index >= 15 is 0 Å². The summed E-state index contributed by atoms with van der Waals surface area (Å²) in [5, 5.41) is 0. The maximum absolute atomic E-state index is 5.48. The van der Waals surface area contributed by atoms with Gasteiger partial charge in [-0.25, -0.2) is 9.48 Å². The van der Waals surface area contributed by atoms with Crippen molar-refractivity contribution in [3.63, 3.8) is 0 Å². The van der Waals surface area contributed by atoms with Crippen molar-refractivity contribution in [2.75, 3.05) is 34.8 Å². The van der Waals surface area contributed by atoms with Gasteiger partial charge in [0.2, 0.25) is 0 Å². The number of hydrogen-bond acceptors (Lipinski definition) is 1. The van der Waals surface area contributed by atoms with Crippen LogP contribution in [0.15, 0.2) is 0 Å². The summed E-state index contributed by atoms with van der Waals surface area (Å²) < 4.78 is 7.45. The van der Waals surface area contributed by atoms with Crippen LogP contribution < -0.4 is 24.0 Å². The van der Waals surface area contributed by atoms with Crippen LogP contribution in [0.1, 0.15) is 13.3 Å². The fraction of sp³-hybridized carbons (Fsp3) is 0.875. The van der Waals surface area contributed by atoms with Crippen LogP contribution in [0.4, 0.5) is 0 Å². The lowest BCUT2D eigenvalue weighted by Gasteiger charge is -2.10. The van der Waals surface area contributed by atoms with Gasteiger partial charge in [-0.1, -0.05) is 6.92 Å². The second-order valence-corrected chi connectivity index (χ2v) is 2.92. The van der Waals surface area contributed by atoms with E-state index in [1.165, 1.54) is 0 Å². The van der Waals surface area contributed by atoms with E-state index in [0.29, 0.717) is 0 Å². The second-order valence-electron chi connectivity index (χ2n) is 2.92. The standard InChI is InChI=1S/C8H19N2O.HI/c1-6-7-11-8(9(2)3)10(4)5;/h6-7H2,1-5H3;1H/q+1;/p-1. The first-order valence-corrected chi connectivity index (χ1v) is 3.94. The van der Waals surface area contributed by atoms with Crippen molar-refractivity contribution in [3.05, 3.63) is 0 Å². The molecule has 0 fully saturated rings. The fourth-order valence-corrected chi connectivity index (χ4v) is 0.852. The number of ether oxygens (including phenoxy) is 1. The Bertz CT molecular complexity index is 142. The van der Waals surface area contributed by atoms with Crippen LogP contribution >= 0.6 is 0 Å². The van der Waals surface area contributed by atoms with Crippen molar-refractivity contribution < 1.29 is 33.3 Å². The zero-order valence-corrected chi connectivity index (χ0v) is 10.8. The van der Waals surface area contributed by atoms with Crippen LogP contribution in [0.2, 0.25) is 0 Å². The molecule has 0 radical (unpaired) electrons. The molecule has 0 saturated carbocycles. The van der Waals surface area contributed by atoms with Crippen LogP contribution in [0, 0.1) is 0 Å². The Hall–Kier alpha value is 0. The van der Waals surface area contributed by atoms with Crippen molar-refractivity contribution in [2.24, 2.45) is 0 Å². The van der Waals surface area contributed by atoms with Crippen LogP contribution in [-0.2, 0) is 4.74 Å². The Balaban J connectivity index is 0. The molecule has 0 aromatic carbocycles. The number of amidine groups is 1. The molecule has 0 aromatic rings. The Morgan fingerprint density at radius 1 is 1.33 bits per heavy atom. The van der Waals surface area contributed by atoms with Crippen LogP contribution in [0.5, 0.6) is 0 Å². The summed E-state index contributed by atoms with van der Waals surface area (Å²) >= 11 is 0. The van der Waals surface area contributed by atoms with Crippen LogP contribution in [0.3, 0.4) is 0 Å². The summed E-state index contributed by atoms with van der Waals surface area (Å²) in [7, 11) is 7.91. The summed E-state index contributed by atoms with van der Waals surface area (Å²) in [5.41, 5.74) is 0. The average Bonchev–Trinajstić information content (AvgIpc) is 1.87. The molecule has 12 heavy (non-hydrogen) atoms. The predicted octanol–water partition coefficient (Wildman–Crippen LogP) is -2.39. The molecule has 0 bridgehead atoms. The molecule has 0 spiro atoms. The number of rotatable bonds is 2. The van der Waals surface area contributed by atoms with E-state index in [1.54, 1.807) is 0 Å². The van der Waals surface area contributed by atoms with E-state index in [2.05, 4.69) is 6.92 Å². The Labute approximate surface area is 92.4 Å². The first-order valence-electron chi connectivity index (χ1n) is 3.94. The molecule has 0 atom stereocenters. The number of halogens is 1. The smallest absolute Gasteiger partial charge is 0.445 e. The van der Waals surface area contributed by atoms with Crippen molar-refractivity contribution >= 4 is 6.02 Å². The van der Waals surface area contributed by atoms with E-state index in [4.69, 9.17) is 4.74 Å². The number of hydrogen-bond donors (Lipinski definition) is 0. The molecule has 0 unspecified atom stereocenters. The summed E-state index contributed by atoms with van der Waals surface area (Å²) in [6.45, 7) is 2.88. The van der Waals surface area contributed by atoms with Gasteiger partial charge in [-0.2, -0.15) is 0 Å². The first kappa shape index (κ1) is 14.5. The molecule has 0 aliphatic rings. The minimum atomic E-state index is 0. The van der Waals surface area contributed by atoms with E-state index in [-0.39, 0.29) is 24.0 Å². The largest absolute Gasteiger partial charge is 1.00 e. The molecule has 0 aliphatic carbocycles. The molecule has 0 rings (SSSR count).